The molecule has 0 radical (unpaired) electrons. The molecule has 0 fully saturated rings. The lowest BCUT2D eigenvalue weighted by molar-refractivity contribution is 0.694. The fourth-order valence-corrected chi connectivity index (χ4v) is 9.91. The first-order chi connectivity index (χ1) is 26.8. The number of hydrogen-bond acceptors (Lipinski definition) is 1. The zero-order valence-corrected chi connectivity index (χ0v) is 31.6. The molecule has 0 spiro atoms. The zero-order valence-electron chi connectivity index (χ0n) is 31.6. The number of nitrogens with zero attached hydrogens (tertiary/aromatic N) is 2. The van der Waals surface area contributed by atoms with Crippen LogP contribution >= 0.6 is 0 Å². The molecular formula is C53H40N2. The molecule has 2 nitrogen and oxygen atoms in total. The molecule has 0 bridgehead atoms. The molecule has 0 aliphatic heterocycles. The largest absolute Gasteiger partial charge is 0.292 e. The van der Waals surface area contributed by atoms with E-state index in [1.165, 1.54) is 77.2 Å². The minimum Gasteiger partial charge on any atom is -0.292 e. The van der Waals surface area contributed by atoms with Gasteiger partial charge in [0, 0.05) is 22.1 Å². The Morgan fingerprint density at radius 1 is 0.418 bits per heavy atom. The second kappa shape index (κ2) is 11.5. The van der Waals surface area contributed by atoms with Gasteiger partial charge in [-0.1, -0.05) is 155 Å². The van der Waals surface area contributed by atoms with E-state index in [1.807, 2.05) is 0 Å². The summed E-state index contributed by atoms with van der Waals surface area (Å²) in [6.07, 6.45) is 0. The Balaban J connectivity index is 0.963. The van der Waals surface area contributed by atoms with Crippen LogP contribution in [0.25, 0.3) is 83.1 Å². The van der Waals surface area contributed by atoms with Crippen molar-refractivity contribution in [2.24, 2.45) is 0 Å². The van der Waals surface area contributed by atoms with E-state index in [4.69, 9.17) is 4.98 Å². The van der Waals surface area contributed by atoms with Crippen molar-refractivity contribution in [2.75, 3.05) is 0 Å². The molecule has 0 N–H and O–H groups in total. The maximum absolute atomic E-state index is 5.10. The smallest absolute Gasteiger partial charge is 0.145 e. The average molecular weight is 705 g/mol. The van der Waals surface area contributed by atoms with Crippen LogP contribution < -0.4 is 0 Å². The van der Waals surface area contributed by atoms with Gasteiger partial charge in [0.15, 0.2) is 0 Å². The molecule has 11 rings (SSSR count). The monoisotopic (exact) mass is 704 g/mol. The second-order valence-corrected chi connectivity index (χ2v) is 16.4. The molecule has 0 atom stereocenters. The van der Waals surface area contributed by atoms with E-state index in [9.17, 15) is 0 Å². The van der Waals surface area contributed by atoms with Crippen LogP contribution in [-0.4, -0.2) is 9.55 Å². The molecule has 0 saturated heterocycles. The zero-order chi connectivity index (χ0) is 37.1. The van der Waals surface area contributed by atoms with Crippen molar-refractivity contribution in [1.29, 1.82) is 0 Å². The second-order valence-electron chi connectivity index (χ2n) is 16.4. The van der Waals surface area contributed by atoms with E-state index in [2.05, 4.69) is 202 Å². The maximum atomic E-state index is 5.10. The summed E-state index contributed by atoms with van der Waals surface area (Å²) in [5, 5.41) is 5.20. The Kier molecular flexibility index (Phi) is 6.68. The van der Waals surface area contributed by atoms with Crippen molar-refractivity contribution in [3.05, 3.63) is 192 Å². The fraction of sp³-hybridized carbons (Fsp3) is 0.113. The van der Waals surface area contributed by atoms with Gasteiger partial charge < -0.3 is 0 Å². The molecule has 1 heterocycles. The molecule has 0 saturated carbocycles. The van der Waals surface area contributed by atoms with Gasteiger partial charge in [-0.2, -0.15) is 0 Å². The summed E-state index contributed by atoms with van der Waals surface area (Å²) in [5.41, 5.74) is 17.6. The van der Waals surface area contributed by atoms with Gasteiger partial charge in [0.05, 0.1) is 11.0 Å². The molecule has 8 aromatic carbocycles. The Labute approximate surface area is 322 Å². The van der Waals surface area contributed by atoms with Gasteiger partial charge in [0.25, 0.3) is 0 Å². The lowest BCUT2D eigenvalue weighted by Gasteiger charge is -2.29. The standard InChI is InChI=1S/C53H40N2/c1-52(2)45-31-35(33-22-24-34(25-23-33)51-54-47-20-12-13-21-48(47)55(51)38-15-6-5-7-16-38)26-28-42(45)49-50(52)43-29-27-37(32-46(43)53(49,3)4)44-30-36-14-8-9-17-39(36)40-18-10-11-19-41(40)44/h5-32H,1-4H3. The Hall–Kier alpha value is -6.51. The predicted octanol–water partition coefficient (Wildman–Crippen LogP) is 13.8. The van der Waals surface area contributed by atoms with Crippen molar-refractivity contribution in [2.45, 2.75) is 38.5 Å². The number of benzene rings is 8. The lowest BCUT2D eigenvalue weighted by Crippen LogP contribution is -2.19. The van der Waals surface area contributed by atoms with Crippen LogP contribution in [0, 0.1) is 0 Å². The number of allylic oxidation sites excluding steroid dienone is 2. The van der Waals surface area contributed by atoms with E-state index >= 15 is 0 Å². The summed E-state index contributed by atoms with van der Waals surface area (Å²) in [6.45, 7) is 9.70. The van der Waals surface area contributed by atoms with Gasteiger partial charge in [-0.05, 0) is 120 Å². The van der Waals surface area contributed by atoms with Crippen LogP contribution in [0.4, 0.5) is 0 Å². The highest BCUT2D eigenvalue weighted by atomic mass is 15.1. The molecule has 9 aromatic rings. The summed E-state index contributed by atoms with van der Waals surface area (Å²) in [6, 6.07) is 62.3. The number of fused-ring (bicyclic) bond motifs is 8. The van der Waals surface area contributed by atoms with Crippen LogP contribution in [0.3, 0.4) is 0 Å². The average Bonchev–Trinajstić information content (AvgIpc) is 3.81. The van der Waals surface area contributed by atoms with Gasteiger partial charge in [-0.25, -0.2) is 4.98 Å². The Morgan fingerprint density at radius 3 is 1.69 bits per heavy atom. The summed E-state index contributed by atoms with van der Waals surface area (Å²) >= 11 is 0. The van der Waals surface area contributed by atoms with Crippen LogP contribution in [0.2, 0.25) is 0 Å². The number of rotatable bonds is 4. The van der Waals surface area contributed by atoms with E-state index < -0.39 is 0 Å². The first kappa shape index (κ1) is 32.0. The highest BCUT2D eigenvalue weighted by Gasteiger charge is 2.49. The van der Waals surface area contributed by atoms with Crippen molar-refractivity contribution >= 4 is 43.7 Å². The molecule has 262 valence electrons. The van der Waals surface area contributed by atoms with Crippen LogP contribution in [-0.2, 0) is 10.8 Å². The van der Waals surface area contributed by atoms with E-state index in [0.717, 1.165) is 28.1 Å². The van der Waals surface area contributed by atoms with Gasteiger partial charge in [0.1, 0.15) is 5.82 Å². The molecule has 0 unspecified atom stereocenters. The van der Waals surface area contributed by atoms with E-state index in [-0.39, 0.29) is 10.8 Å². The van der Waals surface area contributed by atoms with Gasteiger partial charge in [0.2, 0.25) is 0 Å². The Bertz CT molecular complexity index is 3060. The third-order valence-electron chi connectivity index (χ3n) is 12.6. The highest BCUT2D eigenvalue weighted by Crippen LogP contribution is 2.63. The van der Waals surface area contributed by atoms with Gasteiger partial charge >= 0.3 is 0 Å². The molecule has 2 aliphatic rings. The van der Waals surface area contributed by atoms with E-state index in [1.54, 1.807) is 0 Å². The molecule has 55 heavy (non-hydrogen) atoms. The number of aromatic nitrogens is 2. The topological polar surface area (TPSA) is 17.8 Å². The van der Waals surface area contributed by atoms with Gasteiger partial charge in [-0.3, -0.25) is 4.57 Å². The number of para-hydroxylation sites is 3. The van der Waals surface area contributed by atoms with E-state index in [0.29, 0.717) is 0 Å². The summed E-state index contributed by atoms with van der Waals surface area (Å²) in [4.78, 5) is 5.10. The lowest BCUT2D eigenvalue weighted by atomic mass is 9.74. The van der Waals surface area contributed by atoms with Crippen molar-refractivity contribution in [3.8, 4) is 39.3 Å². The van der Waals surface area contributed by atoms with Crippen molar-refractivity contribution in [1.82, 2.24) is 9.55 Å². The first-order valence-electron chi connectivity index (χ1n) is 19.4. The molecule has 1 aromatic heterocycles. The predicted molar refractivity (Wildman–Crippen MR) is 232 cm³/mol. The van der Waals surface area contributed by atoms with Crippen molar-refractivity contribution in [3.63, 3.8) is 0 Å². The fourth-order valence-electron chi connectivity index (χ4n) is 9.91. The summed E-state index contributed by atoms with van der Waals surface area (Å²) in [7, 11) is 0. The third kappa shape index (κ3) is 4.58. The molecule has 0 amide bonds. The Morgan fingerprint density at radius 2 is 0.964 bits per heavy atom. The minimum absolute atomic E-state index is 0.136. The third-order valence-corrected chi connectivity index (χ3v) is 12.6. The first-order valence-corrected chi connectivity index (χ1v) is 19.4. The number of hydrogen-bond donors (Lipinski definition) is 0. The number of imidazole rings is 1. The molecule has 2 heteroatoms. The molecular weight excluding hydrogens is 665 g/mol. The van der Waals surface area contributed by atoms with Crippen LogP contribution in [0.15, 0.2) is 170 Å². The van der Waals surface area contributed by atoms with Crippen LogP contribution in [0.1, 0.15) is 49.9 Å². The van der Waals surface area contributed by atoms with Gasteiger partial charge in [-0.15, -0.1) is 0 Å². The van der Waals surface area contributed by atoms with Crippen LogP contribution in [0.5, 0.6) is 0 Å². The summed E-state index contributed by atoms with van der Waals surface area (Å²) in [5.74, 6) is 0.951. The minimum atomic E-state index is -0.138. The highest BCUT2D eigenvalue weighted by molar-refractivity contribution is 6.15. The summed E-state index contributed by atoms with van der Waals surface area (Å²) < 4.78 is 2.27. The normalized spacial score (nSPS) is 15.1. The SMILES string of the molecule is CC1(C)C2=C(c3ccc(-c4ccc(-c5nc6ccccc6n5-c5ccccc5)cc4)cc31)C(C)(C)c1cc(-c3cc4ccccc4c4ccccc34)ccc12. The quantitative estimate of drug-likeness (QED) is 0.167. The maximum Gasteiger partial charge on any atom is 0.145 e. The van der Waals surface area contributed by atoms with Crippen molar-refractivity contribution < 1.29 is 0 Å². The molecule has 2 aliphatic carbocycles.